The Morgan fingerprint density at radius 2 is 1.78 bits per heavy atom. The number of rotatable bonds is 8. The van der Waals surface area contributed by atoms with Gasteiger partial charge in [0.25, 0.3) is 0 Å². The minimum atomic E-state index is -0.700. The lowest BCUT2D eigenvalue weighted by atomic mass is 9.83. The van der Waals surface area contributed by atoms with Gasteiger partial charge in [0.1, 0.15) is 17.7 Å². The summed E-state index contributed by atoms with van der Waals surface area (Å²) in [5.74, 6) is -1.39. The number of anilines is 2. The predicted octanol–water partition coefficient (Wildman–Crippen LogP) is 4.10. The minimum absolute atomic E-state index is 0.0330. The highest BCUT2D eigenvalue weighted by Crippen LogP contribution is 2.35. The molecule has 0 atom stereocenters. The molecule has 3 N–H and O–H groups in total. The third-order valence-electron chi connectivity index (χ3n) is 6.62. The van der Waals surface area contributed by atoms with E-state index < -0.39 is 23.5 Å². The molecule has 1 aromatic carbocycles. The van der Waals surface area contributed by atoms with Crippen LogP contribution >= 0.6 is 0 Å². The molecule has 1 saturated carbocycles. The van der Waals surface area contributed by atoms with E-state index in [0.29, 0.717) is 56.7 Å². The number of aliphatic hydroxyl groups is 1. The molecule has 2 heterocycles. The van der Waals surface area contributed by atoms with Crippen LogP contribution in [0.25, 0.3) is 0 Å². The Bertz CT molecular complexity index is 1080. The van der Waals surface area contributed by atoms with E-state index in [1.807, 2.05) is 4.90 Å². The summed E-state index contributed by atoms with van der Waals surface area (Å²) in [5.41, 5.74) is 0.963. The number of carbonyl (C=O) groups is 1. The van der Waals surface area contributed by atoms with E-state index in [1.165, 1.54) is 0 Å². The molecule has 1 saturated heterocycles. The average Bonchev–Trinajstić information content (AvgIpc) is 2.91. The molecule has 1 aromatic heterocycles. The molecule has 1 aliphatic carbocycles. The van der Waals surface area contributed by atoms with E-state index in [0.717, 1.165) is 43.1 Å². The molecular formula is C25H31F3N6O3. The number of aromatic nitrogens is 2. The van der Waals surface area contributed by atoms with Gasteiger partial charge in [0, 0.05) is 45.1 Å². The number of halogens is 3. The number of nitrogens with zero attached hydrogens (tertiary/aromatic N) is 4. The van der Waals surface area contributed by atoms with Gasteiger partial charge in [-0.3, -0.25) is 0 Å². The van der Waals surface area contributed by atoms with E-state index in [1.54, 1.807) is 0 Å². The van der Waals surface area contributed by atoms with Crippen molar-refractivity contribution in [2.45, 2.75) is 57.0 Å². The number of piperidine rings is 1. The van der Waals surface area contributed by atoms with Crippen molar-refractivity contribution in [2.24, 2.45) is 5.16 Å². The van der Waals surface area contributed by atoms with Gasteiger partial charge in [0.05, 0.1) is 23.8 Å². The van der Waals surface area contributed by atoms with Gasteiger partial charge in [0.2, 0.25) is 5.95 Å². The number of amides is 2. The molecular weight excluding hydrogens is 489 g/mol. The summed E-state index contributed by atoms with van der Waals surface area (Å²) in [4.78, 5) is 27.6. The molecule has 4 rings (SSSR count). The van der Waals surface area contributed by atoms with Crippen molar-refractivity contribution in [2.75, 3.05) is 36.5 Å². The average molecular weight is 521 g/mol. The fraction of sp³-hybridized carbons (Fsp3) is 0.520. The van der Waals surface area contributed by atoms with Crippen LogP contribution in [0.15, 0.2) is 29.7 Å². The van der Waals surface area contributed by atoms with Gasteiger partial charge in [-0.1, -0.05) is 5.16 Å². The highest BCUT2D eigenvalue weighted by molar-refractivity contribution is 5.89. The normalized spacial score (nSPS) is 18.4. The number of hydrogen-bond donors (Lipinski definition) is 3. The van der Waals surface area contributed by atoms with Crippen molar-refractivity contribution in [1.82, 2.24) is 15.3 Å². The van der Waals surface area contributed by atoms with Crippen molar-refractivity contribution in [3.63, 3.8) is 0 Å². The molecule has 0 radical (unpaired) electrons. The molecule has 12 heteroatoms. The molecule has 2 fully saturated rings. The van der Waals surface area contributed by atoms with Gasteiger partial charge < -0.3 is 25.5 Å². The number of aliphatic hydroxyl groups excluding tert-OH is 1. The van der Waals surface area contributed by atoms with Gasteiger partial charge in [-0.2, -0.15) is 0 Å². The molecule has 200 valence electrons. The molecule has 2 aliphatic rings. The van der Waals surface area contributed by atoms with E-state index >= 15 is 0 Å². The van der Waals surface area contributed by atoms with Crippen LogP contribution in [0, 0.1) is 17.5 Å². The maximum absolute atomic E-state index is 14.8. The molecule has 37 heavy (non-hydrogen) atoms. The number of oxime groups is 1. The quantitative estimate of drug-likeness (QED) is 0.357. The van der Waals surface area contributed by atoms with Crippen LogP contribution in [0.3, 0.4) is 0 Å². The van der Waals surface area contributed by atoms with Crippen LogP contribution in [0.4, 0.5) is 29.6 Å². The van der Waals surface area contributed by atoms with Crippen LogP contribution in [0.2, 0.25) is 0 Å². The zero-order chi connectivity index (χ0) is 26.2. The number of carbonyl (C=O) groups excluding carboxylic acids is 1. The molecule has 0 spiro atoms. The smallest absolute Gasteiger partial charge is 0.319 e. The van der Waals surface area contributed by atoms with Crippen molar-refractivity contribution in [3.8, 4) is 0 Å². The van der Waals surface area contributed by atoms with E-state index in [2.05, 4.69) is 25.8 Å². The number of benzene rings is 1. The topological polar surface area (TPSA) is 112 Å². The second kappa shape index (κ2) is 12.7. The highest BCUT2D eigenvalue weighted by atomic mass is 19.1. The predicted molar refractivity (Wildman–Crippen MR) is 132 cm³/mol. The second-order valence-electron chi connectivity index (χ2n) is 9.24. The lowest BCUT2D eigenvalue weighted by Gasteiger charge is -2.31. The minimum Gasteiger partial charge on any atom is -0.396 e. The van der Waals surface area contributed by atoms with Crippen LogP contribution in [-0.4, -0.2) is 59.2 Å². The lowest BCUT2D eigenvalue weighted by molar-refractivity contribution is 0.0406. The van der Waals surface area contributed by atoms with Crippen LogP contribution in [0.5, 0.6) is 0 Å². The molecule has 2 aromatic rings. The number of urea groups is 1. The summed E-state index contributed by atoms with van der Waals surface area (Å²) in [6.07, 6.45) is 6.61. The van der Waals surface area contributed by atoms with Crippen molar-refractivity contribution >= 4 is 23.4 Å². The summed E-state index contributed by atoms with van der Waals surface area (Å²) in [6, 6.07) is 1.50. The largest absolute Gasteiger partial charge is 0.396 e. The van der Waals surface area contributed by atoms with Crippen LogP contribution in [-0.2, 0) is 4.84 Å². The zero-order valence-corrected chi connectivity index (χ0v) is 20.4. The first-order valence-electron chi connectivity index (χ1n) is 12.5. The maximum Gasteiger partial charge on any atom is 0.319 e. The summed E-state index contributed by atoms with van der Waals surface area (Å²) in [6.45, 7) is 1.52. The first-order chi connectivity index (χ1) is 17.9. The second-order valence-corrected chi connectivity index (χ2v) is 9.24. The molecule has 0 bridgehead atoms. The standard InChI is InChI=1S/C25H31F3N6O3/c26-17-14-30-24(31-15-17)34-9-6-19(7-10-34)37-33-18-4-2-16(3-5-18)20-12-22(28)23(13-21(20)27)32-25(36)29-8-1-11-35/h12-16,19,35H,1-11H2,(H2,29,32,36). The van der Waals surface area contributed by atoms with Gasteiger partial charge in [-0.05, 0) is 49.7 Å². The van der Waals surface area contributed by atoms with Gasteiger partial charge in [-0.15, -0.1) is 0 Å². The van der Waals surface area contributed by atoms with Crippen molar-refractivity contribution in [3.05, 3.63) is 47.5 Å². The van der Waals surface area contributed by atoms with E-state index in [9.17, 15) is 18.0 Å². The number of hydrogen-bond acceptors (Lipinski definition) is 7. The van der Waals surface area contributed by atoms with Crippen molar-refractivity contribution in [1.29, 1.82) is 0 Å². The molecule has 9 nitrogen and oxygen atoms in total. The first kappa shape index (κ1) is 26.6. The molecule has 0 unspecified atom stereocenters. The third kappa shape index (κ3) is 7.31. The Morgan fingerprint density at radius 1 is 1.08 bits per heavy atom. The highest BCUT2D eigenvalue weighted by Gasteiger charge is 2.26. The Kier molecular flexibility index (Phi) is 9.15. The van der Waals surface area contributed by atoms with Crippen LogP contribution < -0.4 is 15.5 Å². The molecule has 2 amide bonds. The Hall–Kier alpha value is -3.41. The first-order valence-corrected chi connectivity index (χ1v) is 12.5. The fourth-order valence-electron chi connectivity index (χ4n) is 4.55. The summed E-state index contributed by atoms with van der Waals surface area (Å²) < 4.78 is 42.4. The Morgan fingerprint density at radius 3 is 2.46 bits per heavy atom. The maximum atomic E-state index is 14.8. The SMILES string of the molecule is O=C(NCCCO)Nc1cc(F)c(C2CCC(=NOC3CCN(c4ncc(F)cn4)CC3)CC2)cc1F. The summed E-state index contributed by atoms with van der Waals surface area (Å²) in [7, 11) is 0. The van der Waals surface area contributed by atoms with Gasteiger partial charge in [-0.25, -0.2) is 27.9 Å². The Balaban J connectivity index is 1.24. The Labute approximate surface area is 213 Å². The summed E-state index contributed by atoms with van der Waals surface area (Å²) in [5, 5.41) is 17.9. The molecule has 1 aliphatic heterocycles. The monoisotopic (exact) mass is 520 g/mol. The fourth-order valence-corrected chi connectivity index (χ4v) is 4.55. The van der Waals surface area contributed by atoms with Gasteiger partial charge in [0.15, 0.2) is 5.82 Å². The van der Waals surface area contributed by atoms with Crippen molar-refractivity contribution < 1.29 is 27.9 Å². The third-order valence-corrected chi connectivity index (χ3v) is 6.62. The van der Waals surface area contributed by atoms with E-state index in [-0.39, 0.29) is 30.9 Å². The van der Waals surface area contributed by atoms with Gasteiger partial charge >= 0.3 is 6.03 Å². The zero-order valence-electron chi connectivity index (χ0n) is 20.4. The number of nitrogens with one attached hydrogen (secondary N) is 2. The van der Waals surface area contributed by atoms with E-state index in [4.69, 9.17) is 9.94 Å². The lowest BCUT2D eigenvalue weighted by Crippen LogP contribution is -2.37. The summed E-state index contributed by atoms with van der Waals surface area (Å²) >= 11 is 0. The van der Waals surface area contributed by atoms with Crippen LogP contribution in [0.1, 0.15) is 56.4 Å².